The minimum absolute atomic E-state index is 0.283. The van der Waals surface area contributed by atoms with Gasteiger partial charge in [-0.1, -0.05) is 25.6 Å². The Morgan fingerprint density at radius 2 is 1.54 bits per heavy atom. The Hall–Kier alpha value is -2.24. The molecule has 0 aliphatic heterocycles. The largest absolute Gasteiger partial charge is 0.465 e. The van der Waals surface area contributed by atoms with Crippen molar-refractivity contribution in [2.75, 3.05) is 14.2 Å². The van der Waals surface area contributed by atoms with Crippen molar-refractivity contribution in [2.24, 2.45) is 0 Å². The fourth-order valence-electron chi connectivity index (χ4n) is 2.30. The SMILES string of the molecule is COC(=O)c1c(C(F)F)nc(C(F)(F)F)c(C(=O)OC)c1CC(=O)SC(C)C. The van der Waals surface area contributed by atoms with Gasteiger partial charge < -0.3 is 9.47 Å². The van der Waals surface area contributed by atoms with Gasteiger partial charge in [0.05, 0.1) is 25.3 Å². The number of hydrogen-bond acceptors (Lipinski definition) is 7. The lowest BCUT2D eigenvalue weighted by molar-refractivity contribution is -0.142. The molecule has 0 aliphatic carbocycles. The number of ether oxygens (including phenoxy) is 2. The highest BCUT2D eigenvalue weighted by Crippen LogP contribution is 2.38. The van der Waals surface area contributed by atoms with Gasteiger partial charge in [0.25, 0.3) is 6.43 Å². The maximum absolute atomic E-state index is 13.4. The van der Waals surface area contributed by atoms with Crippen molar-refractivity contribution in [1.82, 2.24) is 4.98 Å². The average Bonchev–Trinajstić information content (AvgIpc) is 2.57. The van der Waals surface area contributed by atoms with Gasteiger partial charge in [-0.15, -0.1) is 0 Å². The smallest absolute Gasteiger partial charge is 0.434 e. The van der Waals surface area contributed by atoms with Crippen molar-refractivity contribution in [3.8, 4) is 0 Å². The molecule has 28 heavy (non-hydrogen) atoms. The van der Waals surface area contributed by atoms with Crippen molar-refractivity contribution in [3.63, 3.8) is 0 Å². The highest BCUT2D eigenvalue weighted by molar-refractivity contribution is 8.14. The maximum Gasteiger partial charge on any atom is 0.434 e. The summed E-state index contributed by atoms with van der Waals surface area (Å²) in [7, 11) is 1.57. The number of carbonyl (C=O) groups excluding carboxylic acids is 3. The molecule has 0 atom stereocenters. The first-order valence-corrected chi connectivity index (χ1v) is 8.51. The lowest BCUT2D eigenvalue weighted by Crippen LogP contribution is -2.25. The molecule has 0 spiro atoms. The number of thioether (sulfide) groups is 1. The first kappa shape index (κ1) is 23.8. The van der Waals surface area contributed by atoms with Crippen LogP contribution < -0.4 is 0 Å². The van der Waals surface area contributed by atoms with E-state index in [9.17, 15) is 36.3 Å². The van der Waals surface area contributed by atoms with E-state index in [1.54, 1.807) is 13.8 Å². The Labute approximate surface area is 160 Å². The van der Waals surface area contributed by atoms with Gasteiger partial charge in [0.1, 0.15) is 5.69 Å². The molecule has 0 aromatic carbocycles. The van der Waals surface area contributed by atoms with Crippen LogP contribution in [0.4, 0.5) is 22.0 Å². The van der Waals surface area contributed by atoms with E-state index in [0.29, 0.717) is 11.8 Å². The van der Waals surface area contributed by atoms with Crippen LogP contribution in [0, 0.1) is 0 Å². The lowest BCUT2D eigenvalue weighted by Gasteiger charge is -2.20. The number of methoxy groups -OCH3 is 2. The maximum atomic E-state index is 13.4. The normalized spacial score (nSPS) is 11.7. The molecule has 0 saturated carbocycles. The highest BCUT2D eigenvalue weighted by Gasteiger charge is 2.43. The molecule has 6 nitrogen and oxygen atoms in total. The lowest BCUT2D eigenvalue weighted by atomic mass is 9.95. The summed E-state index contributed by atoms with van der Waals surface area (Å²) >= 11 is 0.701. The molecule has 0 amide bonds. The fraction of sp³-hybridized carbons (Fsp3) is 0.500. The second kappa shape index (κ2) is 9.30. The first-order chi connectivity index (χ1) is 12.8. The van der Waals surface area contributed by atoms with E-state index >= 15 is 0 Å². The molecule has 0 bridgehead atoms. The Bertz CT molecular complexity index is 780. The molecule has 1 rings (SSSR count). The van der Waals surface area contributed by atoms with Crippen molar-refractivity contribution >= 4 is 28.8 Å². The molecule has 0 saturated heterocycles. The van der Waals surface area contributed by atoms with Crippen LogP contribution in [0.3, 0.4) is 0 Å². The quantitative estimate of drug-likeness (QED) is 0.502. The van der Waals surface area contributed by atoms with Gasteiger partial charge in [-0.2, -0.15) is 13.2 Å². The summed E-state index contributed by atoms with van der Waals surface area (Å²) in [5.74, 6) is -3.04. The summed E-state index contributed by atoms with van der Waals surface area (Å²) in [5.41, 5.74) is -6.72. The minimum Gasteiger partial charge on any atom is -0.465 e. The predicted octanol–water partition coefficient (Wildman–Crippen LogP) is 3.82. The van der Waals surface area contributed by atoms with Crippen LogP contribution in [0.25, 0.3) is 0 Å². The Morgan fingerprint density at radius 1 is 1.04 bits per heavy atom. The topological polar surface area (TPSA) is 82.6 Å². The second-order valence-electron chi connectivity index (χ2n) is 5.57. The van der Waals surface area contributed by atoms with Crippen LogP contribution >= 0.6 is 11.8 Å². The molecular weight excluding hydrogens is 413 g/mol. The van der Waals surface area contributed by atoms with Crippen molar-refractivity contribution in [1.29, 1.82) is 0 Å². The van der Waals surface area contributed by atoms with E-state index in [4.69, 9.17) is 0 Å². The number of hydrogen-bond donors (Lipinski definition) is 0. The number of nitrogens with zero attached hydrogens (tertiary/aromatic N) is 1. The molecule has 1 aromatic rings. The van der Waals surface area contributed by atoms with E-state index in [0.717, 1.165) is 14.2 Å². The first-order valence-electron chi connectivity index (χ1n) is 7.63. The minimum atomic E-state index is -5.33. The van der Waals surface area contributed by atoms with Crippen LogP contribution in [0.2, 0.25) is 0 Å². The predicted molar refractivity (Wildman–Crippen MR) is 88.3 cm³/mol. The number of halogens is 5. The molecule has 0 radical (unpaired) electrons. The summed E-state index contributed by atoms with van der Waals surface area (Å²) in [6.45, 7) is 3.23. The molecule has 12 heteroatoms. The number of aromatic nitrogens is 1. The number of rotatable bonds is 6. The van der Waals surface area contributed by atoms with Gasteiger partial charge in [0, 0.05) is 11.7 Å². The van der Waals surface area contributed by atoms with Crippen LogP contribution in [0.5, 0.6) is 0 Å². The third-order valence-corrected chi connectivity index (χ3v) is 4.15. The third-order valence-electron chi connectivity index (χ3n) is 3.27. The van der Waals surface area contributed by atoms with E-state index in [2.05, 4.69) is 14.5 Å². The van der Waals surface area contributed by atoms with Gasteiger partial charge in [-0.3, -0.25) is 4.79 Å². The third kappa shape index (κ3) is 5.40. The molecule has 1 aromatic heterocycles. The van der Waals surface area contributed by atoms with E-state index < -0.39 is 64.2 Å². The second-order valence-corrected chi connectivity index (χ2v) is 7.21. The van der Waals surface area contributed by atoms with E-state index in [-0.39, 0.29) is 5.25 Å². The Morgan fingerprint density at radius 3 is 1.93 bits per heavy atom. The monoisotopic (exact) mass is 429 g/mol. The Kier molecular flexibility index (Phi) is 7.91. The molecule has 0 fully saturated rings. The van der Waals surface area contributed by atoms with Gasteiger partial charge >= 0.3 is 18.1 Å². The van der Waals surface area contributed by atoms with Crippen molar-refractivity contribution in [3.05, 3.63) is 28.1 Å². The highest BCUT2D eigenvalue weighted by atomic mass is 32.2. The number of carbonyl (C=O) groups is 3. The fourth-order valence-corrected chi connectivity index (χ4v) is 3.05. The molecule has 1 heterocycles. The van der Waals surface area contributed by atoms with Crippen LogP contribution in [0.15, 0.2) is 0 Å². The number of esters is 2. The van der Waals surface area contributed by atoms with Crippen molar-refractivity contribution in [2.45, 2.75) is 38.1 Å². The van der Waals surface area contributed by atoms with E-state index in [1.165, 1.54) is 0 Å². The zero-order valence-corrected chi connectivity index (χ0v) is 16.0. The van der Waals surface area contributed by atoms with Crippen LogP contribution in [-0.2, 0) is 26.9 Å². The molecule has 0 N–H and O–H groups in total. The molecule has 156 valence electrons. The van der Waals surface area contributed by atoms with Gasteiger partial charge in [0.2, 0.25) is 0 Å². The summed E-state index contributed by atoms with van der Waals surface area (Å²) in [4.78, 5) is 39.0. The summed E-state index contributed by atoms with van der Waals surface area (Å²) in [6, 6.07) is 0. The number of alkyl halides is 5. The number of pyridine rings is 1. The van der Waals surface area contributed by atoms with Gasteiger partial charge in [0.15, 0.2) is 10.8 Å². The standard InChI is InChI=1S/C16H16F5NO5S/c1-6(2)28-8(23)5-7-9(14(24)26-3)11(13(17)18)22-12(16(19,20)21)10(7)15(25)27-4/h6,13H,5H2,1-4H3. The van der Waals surface area contributed by atoms with Crippen molar-refractivity contribution < 1.29 is 45.8 Å². The summed E-state index contributed by atoms with van der Waals surface area (Å²) in [5, 5.41) is -1.03. The van der Waals surface area contributed by atoms with Crippen LogP contribution in [0.1, 0.15) is 57.9 Å². The summed E-state index contributed by atoms with van der Waals surface area (Å²) in [6.07, 6.45) is -9.85. The van der Waals surface area contributed by atoms with Crippen LogP contribution in [-0.4, -0.2) is 41.5 Å². The van der Waals surface area contributed by atoms with E-state index in [1.807, 2.05) is 0 Å². The molecular formula is C16H16F5NO5S. The zero-order chi connectivity index (χ0) is 21.8. The molecule has 0 unspecified atom stereocenters. The molecule has 0 aliphatic rings. The van der Waals surface area contributed by atoms with Gasteiger partial charge in [-0.05, 0) is 5.56 Å². The Balaban J connectivity index is 3.99. The van der Waals surface area contributed by atoms with Gasteiger partial charge in [-0.25, -0.2) is 23.4 Å². The summed E-state index contributed by atoms with van der Waals surface area (Å²) < 4.78 is 75.7. The average molecular weight is 429 g/mol. The zero-order valence-electron chi connectivity index (χ0n) is 15.1.